The molecule has 0 rings (SSSR count). The normalized spacial score (nSPS) is 13.3. The van der Waals surface area contributed by atoms with Crippen LogP contribution in [0.15, 0.2) is 4.99 Å². The summed E-state index contributed by atoms with van der Waals surface area (Å²) in [5, 5.41) is 0. The van der Waals surface area contributed by atoms with Crippen molar-refractivity contribution in [3.63, 3.8) is 0 Å². The lowest BCUT2D eigenvalue weighted by Crippen LogP contribution is -2.25. The summed E-state index contributed by atoms with van der Waals surface area (Å²) in [6.07, 6.45) is 1.89. The Balaban J connectivity index is 4.24. The van der Waals surface area contributed by atoms with Crippen molar-refractivity contribution in [2.24, 2.45) is 22.6 Å². The highest BCUT2D eigenvalue weighted by Crippen LogP contribution is 2.16. The molecule has 0 atom stereocenters. The third-order valence-electron chi connectivity index (χ3n) is 2.27. The van der Waals surface area contributed by atoms with Crippen molar-refractivity contribution in [1.82, 2.24) is 0 Å². The predicted molar refractivity (Wildman–Crippen MR) is 68.2 cm³/mol. The van der Waals surface area contributed by atoms with Gasteiger partial charge in [0, 0.05) is 6.42 Å². The average molecular weight is 216 g/mol. The van der Waals surface area contributed by atoms with Crippen LogP contribution in [-0.2, 0) is 0 Å². The average Bonchev–Trinajstić information content (AvgIpc) is 2.09. The van der Waals surface area contributed by atoms with Crippen LogP contribution in [0.1, 0.15) is 40.5 Å². The van der Waals surface area contributed by atoms with Gasteiger partial charge in [-0.05, 0) is 24.0 Å². The van der Waals surface area contributed by atoms with Crippen molar-refractivity contribution in [1.29, 1.82) is 0 Å². The topological polar surface area (TPSA) is 38.4 Å². The summed E-state index contributed by atoms with van der Waals surface area (Å²) in [6, 6.07) is 0.356. The Kier molecular flexibility index (Phi) is 7.06. The summed E-state index contributed by atoms with van der Waals surface area (Å²) >= 11 is 4.16. The van der Waals surface area contributed by atoms with Crippen LogP contribution in [0.25, 0.3) is 0 Å². The molecule has 3 heteroatoms. The highest BCUT2D eigenvalue weighted by Gasteiger charge is 2.16. The number of amidine groups is 1. The van der Waals surface area contributed by atoms with Crippen LogP contribution in [0.3, 0.4) is 0 Å². The third-order valence-corrected chi connectivity index (χ3v) is 2.59. The summed E-state index contributed by atoms with van der Waals surface area (Å²) in [7, 11) is 0. The van der Waals surface area contributed by atoms with Gasteiger partial charge in [0.25, 0.3) is 0 Å². The Morgan fingerprint density at radius 3 is 2.07 bits per heavy atom. The van der Waals surface area contributed by atoms with E-state index in [1.807, 2.05) is 0 Å². The van der Waals surface area contributed by atoms with Gasteiger partial charge in [0.1, 0.15) is 0 Å². The van der Waals surface area contributed by atoms with Crippen molar-refractivity contribution in [3.05, 3.63) is 0 Å². The molecule has 0 aliphatic heterocycles. The van der Waals surface area contributed by atoms with E-state index in [2.05, 4.69) is 45.3 Å². The van der Waals surface area contributed by atoms with Crippen molar-refractivity contribution in [2.75, 3.05) is 5.75 Å². The van der Waals surface area contributed by atoms with E-state index in [4.69, 9.17) is 5.73 Å². The number of hydrogen-bond acceptors (Lipinski definition) is 2. The van der Waals surface area contributed by atoms with E-state index in [9.17, 15) is 0 Å². The molecule has 0 aliphatic rings. The first-order chi connectivity index (χ1) is 6.49. The van der Waals surface area contributed by atoms with Gasteiger partial charge in [-0.3, -0.25) is 4.99 Å². The van der Waals surface area contributed by atoms with Gasteiger partial charge < -0.3 is 5.73 Å². The van der Waals surface area contributed by atoms with Gasteiger partial charge in [-0.1, -0.05) is 27.7 Å². The van der Waals surface area contributed by atoms with E-state index in [1.54, 1.807) is 0 Å². The van der Waals surface area contributed by atoms with Crippen molar-refractivity contribution in [3.8, 4) is 0 Å². The summed E-state index contributed by atoms with van der Waals surface area (Å²) in [6.45, 7) is 8.78. The fraction of sp³-hybridized carbons (Fsp3) is 0.909. The zero-order valence-electron chi connectivity index (χ0n) is 9.83. The first kappa shape index (κ1) is 13.8. The molecule has 0 unspecified atom stereocenters. The lowest BCUT2D eigenvalue weighted by atomic mass is 9.94. The maximum absolute atomic E-state index is 5.85. The van der Waals surface area contributed by atoms with Crippen LogP contribution in [-0.4, -0.2) is 17.6 Å². The number of nitrogens with two attached hydrogens (primary N) is 1. The van der Waals surface area contributed by atoms with E-state index < -0.39 is 0 Å². The van der Waals surface area contributed by atoms with Gasteiger partial charge in [0.15, 0.2) is 0 Å². The fourth-order valence-electron chi connectivity index (χ4n) is 1.58. The Morgan fingerprint density at radius 1 is 1.21 bits per heavy atom. The van der Waals surface area contributed by atoms with E-state index in [1.165, 1.54) is 0 Å². The van der Waals surface area contributed by atoms with Gasteiger partial charge in [0.2, 0.25) is 0 Å². The molecular weight excluding hydrogens is 192 g/mol. The molecule has 0 radical (unpaired) electrons. The minimum absolute atomic E-state index is 0.356. The predicted octanol–water partition coefficient (Wildman–Crippen LogP) is 2.73. The second-order valence-electron chi connectivity index (χ2n) is 4.43. The Hall–Kier alpha value is -0.180. The maximum atomic E-state index is 5.85. The molecule has 0 fully saturated rings. The molecule has 2 N–H and O–H groups in total. The van der Waals surface area contributed by atoms with Crippen molar-refractivity contribution < 1.29 is 0 Å². The van der Waals surface area contributed by atoms with Gasteiger partial charge in [-0.15, -0.1) is 0 Å². The highest BCUT2D eigenvalue weighted by molar-refractivity contribution is 7.80. The molecule has 14 heavy (non-hydrogen) atoms. The Labute approximate surface area is 93.8 Å². The maximum Gasteiger partial charge on any atom is 0.0941 e. The molecule has 0 amide bonds. The largest absolute Gasteiger partial charge is 0.387 e. The van der Waals surface area contributed by atoms with Gasteiger partial charge in [-0.2, -0.15) is 12.6 Å². The molecule has 0 saturated carbocycles. The van der Waals surface area contributed by atoms with Crippen LogP contribution < -0.4 is 5.73 Å². The number of thiol groups is 1. The molecule has 0 aromatic rings. The van der Waals surface area contributed by atoms with Crippen LogP contribution in [0, 0.1) is 11.8 Å². The van der Waals surface area contributed by atoms with Crippen molar-refractivity contribution in [2.45, 2.75) is 46.6 Å². The third kappa shape index (κ3) is 5.53. The fourth-order valence-corrected chi connectivity index (χ4v) is 1.74. The molecule has 0 heterocycles. The Bertz CT molecular complexity index is 168. The molecule has 0 saturated heterocycles. The highest BCUT2D eigenvalue weighted by atomic mass is 32.1. The van der Waals surface area contributed by atoms with Crippen molar-refractivity contribution >= 4 is 18.5 Å². The SMILES string of the molecule is CC(C)C(N=C(N)CCCS)C(C)C. The van der Waals surface area contributed by atoms with Crippen LogP contribution in [0.4, 0.5) is 0 Å². The van der Waals surface area contributed by atoms with Crippen LogP contribution in [0.5, 0.6) is 0 Å². The smallest absolute Gasteiger partial charge is 0.0941 e. The summed E-state index contributed by atoms with van der Waals surface area (Å²) < 4.78 is 0. The number of hydrogen-bond donors (Lipinski definition) is 2. The van der Waals surface area contributed by atoms with E-state index >= 15 is 0 Å². The first-order valence-electron chi connectivity index (χ1n) is 5.42. The van der Waals surface area contributed by atoms with Gasteiger partial charge in [0.05, 0.1) is 11.9 Å². The zero-order valence-corrected chi connectivity index (χ0v) is 10.7. The zero-order chi connectivity index (χ0) is 11.1. The molecule has 0 bridgehead atoms. The number of rotatable bonds is 6. The number of nitrogens with zero attached hydrogens (tertiary/aromatic N) is 1. The van der Waals surface area contributed by atoms with Gasteiger partial charge >= 0.3 is 0 Å². The molecule has 0 aromatic carbocycles. The standard InChI is InChI=1S/C11H24N2S/c1-8(2)11(9(3)4)13-10(12)6-5-7-14/h8-9,11,14H,5-7H2,1-4H3,(H2,12,13). The van der Waals surface area contributed by atoms with E-state index in [0.29, 0.717) is 17.9 Å². The molecule has 0 aliphatic carbocycles. The van der Waals surface area contributed by atoms with E-state index in [0.717, 1.165) is 24.4 Å². The lowest BCUT2D eigenvalue weighted by molar-refractivity contribution is 0.388. The second-order valence-corrected chi connectivity index (χ2v) is 4.87. The summed E-state index contributed by atoms with van der Waals surface area (Å²) in [5.74, 6) is 2.78. The minimum atomic E-state index is 0.356. The number of aliphatic imine (C=N–C) groups is 1. The van der Waals surface area contributed by atoms with Crippen LogP contribution >= 0.6 is 12.6 Å². The van der Waals surface area contributed by atoms with Crippen LogP contribution in [0.2, 0.25) is 0 Å². The van der Waals surface area contributed by atoms with E-state index in [-0.39, 0.29) is 0 Å². The Morgan fingerprint density at radius 2 is 1.71 bits per heavy atom. The molecule has 2 nitrogen and oxygen atoms in total. The minimum Gasteiger partial charge on any atom is -0.387 e. The molecule has 84 valence electrons. The monoisotopic (exact) mass is 216 g/mol. The first-order valence-corrected chi connectivity index (χ1v) is 6.05. The molecule has 0 aromatic heterocycles. The molecule has 0 spiro atoms. The lowest BCUT2D eigenvalue weighted by Gasteiger charge is -2.21. The second kappa shape index (κ2) is 7.16. The van der Waals surface area contributed by atoms with Gasteiger partial charge in [-0.25, -0.2) is 0 Å². The summed E-state index contributed by atoms with van der Waals surface area (Å²) in [5.41, 5.74) is 5.85. The summed E-state index contributed by atoms with van der Waals surface area (Å²) in [4.78, 5) is 4.57. The quantitative estimate of drug-likeness (QED) is 0.400. The molecular formula is C11H24N2S.